The van der Waals surface area contributed by atoms with Crippen LogP contribution >= 0.6 is 0 Å². The van der Waals surface area contributed by atoms with Gasteiger partial charge in [0.05, 0.1) is 19.8 Å². The zero-order valence-corrected chi connectivity index (χ0v) is 21.7. The molecule has 0 radical (unpaired) electrons. The van der Waals surface area contributed by atoms with Gasteiger partial charge in [0, 0.05) is 6.54 Å². The van der Waals surface area contributed by atoms with Gasteiger partial charge in [-0.2, -0.15) is 0 Å². The van der Waals surface area contributed by atoms with E-state index in [-0.39, 0.29) is 18.9 Å². The molecule has 2 aliphatic heterocycles. The summed E-state index contributed by atoms with van der Waals surface area (Å²) in [7, 11) is 1.16. The van der Waals surface area contributed by atoms with E-state index in [9.17, 15) is 28.8 Å². The highest BCUT2D eigenvalue weighted by Gasteiger charge is 2.39. The Balaban J connectivity index is 2.17. The molecule has 2 aliphatic rings. The van der Waals surface area contributed by atoms with Gasteiger partial charge in [0.25, 0.3) is 5.91 Å². The number of Topliss-reactive ketones (excluding diaryl/α,β-unsaturated/α-hetero) is 1. The van der Waals surface area contributed by atoms with E-state index in [4.69, 9.17) is 4.74 Å². The number of alkyl carbamates (subject to hydrolysis) is 1. The first-order valence-electron chi connectivity index (χ1n) is 12.7. The number of nitrogens with one attached hydrogen (secondary N) is 3. The molecule has 37 heavy (non-hydrogen) atoms. The van der Waals surface area contributed by atoms with Gasteiger partial charge in [0.2, 0.25) is 17.6 Å². The van der Waals surface area contributed by atoms with E-state index in [2.05, 4.69) is 20.7 Å². The SMILES string of the molecule is COC(=O)CNC(=O)C(=O)C1CCCC=CCC[C@H](NC(=O)OCC(C)C)C(=O)N2CCC[C@H]2C(=O)N1. The van der Waals surface area contributed by atoms with Crippen molar-refractivity contribution in [1.82, 2.24) is 20.9 Å². The number of ketones is 1. The standard InChI is InChI=1S/C25H38N4O8/c1-16(2)15-37-25(35)28-18-11-8-6-4-5-7-10-17(21(31)23(33)26-14-20(30)36-3)27-22(32)19-12-9-13-29(19)24(18)34/h4,6,16-19H,5,7-15H2,1-3H3,(H,26,33)(H,27,32)(H,28,35)/t17?,18-,19-/m0/s1. The second kappa shape index (κ2) is 15.0. The monoisotopic (exact) mass is 522 g/mol. The fraction of sp³-hybridized carbons (Fsp3) is 0.680. The zero-order chi connectivity index (χ0) is 27.4. The topological polar surface area (TPSA) is 160 Å². The highest BCUT2D eigenvalue weighted by molar-refractivity contribution is 6.38. The number of ether oxygens (including phenoxy) is 2. The van der Waals surface area contributed by atoms with Crippen molar-refractivity contribution in [2.75, 3.05) is 26.8 Å². The van der Waals surface area contributed by atoms with E-state index in [1.54, 1.807) is 0 Å². The van der Waals surface area contributed by atoms with Crippen LogP contribution in [-0.4, -0.2) is 85.4 Å². The number of nitrogens with zero attached hydrogens (tertiary/aromatic N) is 1. The molecule has 3 atom stereocenters. The maximum Gasteiger partial charge on any atom is 0.407 e. The number of carbonyl (C=O) groups excluding carboxylic acids is 6. The maximum absolute atomic E-state index is 13.4. The summed E-state index contributed by atoms with van der Waals surface area (Å²) >= 11 is 0. The summed E-state index contributed by atoms with van der Waals surface area (Å²) in [5.74, 6) is -3.40. The van der Waals surface area contributed by atoms with Gasteiger partial charge < -0.3 is 30.3 Å². The Bertz CT molecular complexity index is 888. The molecule has 0 aromatic carbocycles. The first-order valence-corrected chi connectivity index (χ1v) is 12.7. The second-order valence-corrected chi connectivity index (χ2v) is 9.54. The van der Waals surface area contributed by atoms with Crippen LogP contribution in [0.1, 0.15) is 58.8 Å². The molecule has 0 spiro atoms. The number of carbonyl (C=O) groups is 6. The Morgan fingerprint density at radius 2 is 1.81 bits per heavy atom. The van der Waals surface area contributed by atoms with Gasteiger partial charge in [-0.1, -0.05) is 26.0 Å². The number of allylic oxidation sites excluding steroid dienone is 2. The molecule has 0 bridgehead atoms. The largest absolute Gasteiger partial charge is 0.468 e. The number of methoxy groups -OCH3 is 1. The minimum atomic E-state index is -1.11. The molecule has 2 heterocycles. The Morgan fingerprint density at radius 3 is 2.51 bits per heavy atom. The summed E-state index contributed by atoms with van der Waals surface area (Å²) in [6.07, 6.45) is 6.24. The van der Waals surface area contributed by atoms with Crippen molar-refractivity contribution in [3.05, 3.63) is 12.2 Å². The zero-order valence-electron chi connectivity index (χ0n) is 21.7. The summed E-state index contributed by atoms with van der Waals surface area (Å²) in [6.45, 7) is 3.87. The molecule has 0 saturated carbocycles. The fourth-order valence-corrected chi connectivity index (χ4v) is 4.13. The summed E-state index contributed by atoms with van der Waals surface area (Å²) in [4.78, 5) is 76.7. The van der Waals surface area contributed by atoms with E-state index >= 15 is 0 Å². The second-order valence-electron chi connectivity index (χ2n) is 9.54. The van der Waals surface area contributed by atoms with E-state index < -0.39 is 60.2 Å². The molecule has 1 unspecified atom stereocenters. The number of fused-ring (bicyclic) bond motifs is 1. The molecule has 4 amide bonds. The van der Waals surface area contributed by atoms with Crippen molar-refractivity contribution in [2.24, 2.45) is 5.92 Å². The highest BCUT2D eigenvalue weighted by atomic mass is 16.5. The van der Waals surface area contributed by atoms with Crippen molar-refractivity contribution < 1.29 is 38.2 Å². The predicted octanol–water partition coefficient (Wildman–Crippen LogP) is 0.592. The highest BCUT2D eigenvalue weighted by Crippen LogP contribution is 2.21. The minimum Gasteiger partial charge on any atom is -0.468 e. The lowest BCUT2D eigenvalue weighted by atomic mass is 10.0. The van der Waals surface area contributed by atoms with Crippen molar-refractivity contribution in [3.63, 3.8) is 0 Å². The Morgan fingerprint density at radius 1 is 1.08 bits per heavy atom. The molecular formula is C25H38N4O8. The van der Waals surface area contributed by atoms with Crippen LogP contribution in [0.5, 0.6) is 0 Å². The van der Waals surface area contributed by atoms with Gasteiger partial charge in [-0.25, -0.2) is 4.79 Å². The van der Waals surface area contributed by atoms with Crippen molar-refractivity contribution in [3.8, 4) is 0 Å². The Kier molecular flexibility index (Phi) is 12.0. The lowest BCUT2D eigenvalue weighted by Gasteiger charge is -2.29. The van der Waals surface area contributed by atoms with Crippen molar-refractivity contribution in [1.29, 1.82) is 0 Å². The quantitative estimate of drug-likeness (QED) is 0.249. The predicted molar refractivity (Wildman–Crippen MR) is 132 cm³/mol. The normalized spacial score (nSPS) is 22.9. The summed E-state index contributed by atoms with van der Waals surface area (Å²) in [5.41, 5.74) is 0. The van der Waals surface area contributed by atoms with Crippen LogP contribution in [0.25, 0.3) is 0 Å². The molecule has 12 heteroatoms. The van der Waals surface area contributed by atoms with Crippen molar-refractivity contribution in [2.45, 2.75) is 76.9 Å². The average molecular weight is 523 g/mol. The van der Waals surface area contributed by atoms with Gasteiger partial charge in [-0.15, -0.1) is 0 Å². The molecule has 1 fully saturated rings. The van der Waals surface area contributed by atoms with Crippen LogP contribution in [0.4, 0.5) is 4.79 Å². The first kappa shape index (κ1) is 29.8. The van der Waals surface area contributed by atoms with E-state index in [0.29, 0.717) is 45.1 Å². The lowest BCUT2D eigenvalue weighted by Crippen LogP contribution is -2.56. The van der Waals surface area contributed by atoms with Gasteiger partial charge in [-0.3, -0.25) is 24.0 Å². The number of hydrogen-bond donors (Lipinski definition) is 3. The molecule has 1 saturated heterocycles. The minimum absolute atomic E-state index is 0.137. The average Bonchev–Trinajstić information content (AvgIpc) is 3.37. The van der Waals surface area contributed by atoms with Crippen LogP contribution in [0.3, 0.4) is 0 Å². The Hall–Kier alpha value is -3.44. The number of esters is 1. The summed E-state index contributed by atoms with van der Waals surface area (Å²) < 4.78 is 9.64. The maximum atomic E-state index is 13.4. The van der Waals surface area contributed by atoms with E-state index in [1.807, 2.05) is 26.0 Å². The van der Waals surface area contributed by atoms with Crippen molar-refractivity contribution >= 4 is 35.6 Å². The third-order valence-electron chi connectivity index (χ3n) is 6.11. The third kappa shape index (κ3) is 9.51. The summed E-state index contributed by atoms with van der Waals surface area (Å²) in [6, 6.07) is -2.82. The molecule has 0 aromatic rings. The molecule has 2 rings (SSSR count). The molecular weight excluding hydrogens is 484 g/mol. The van der Waals surface area contributed by atoms with Gasteiger partial charge in [0.1, 0.15) is 18.6 Å². The fourth-order valence-electron chi connectivity index (χ4n) is 4.13. The van der Waals surface area contributed by atoms with Crippen LogP contribution < -0.4 is 16.0 Å². The molecule has 206 valence electrons. The number of rotatable bonds is 7. The molecule has 0 aromatic heterocycles. The smallest absolute Gasteiger partial charge is 0.407 e. The Labute approximate surface area is 216 Å². The van der Waals surface area contributed by atoms with Gasteiger partial charge in [-0.05, 0) is 50.9 Å². The number of amides is 4. The lowest BCUT2D eigenvalue weighted by molar-refractivity contribution is -0.144. The third-order valence-corrected chi connectivity index (χ3v) is 6.11. The van der Waals surface area contributed by atoms with Crippen LogP contribution in [0.15, 0.2) is 12.2 Å². The van der Waals surface area contributed by atoms with Gasteiger partial charge in [0.15, 0.2) is 0 Å². The van der Waals surface area contributed by atoms with Gasteiger partial charge >= 0.3 is 12.1 Å². The van der Waals surface area contributed by atoms with E-state index in [0.717, 1.165) is 7.11 Å². The van der Waals surface area contributed by atoms with Crippen LogP contribution in [0.2, 0.25) is 0 Å². The molecule has 12 nitrogen and oxygen atoms in total. The molecule has 0 aliphatic carbocycles. The molecule has 3 N–H and O–H groups in total. The first-order chi connectivity index (χ1) is 17.6. The number of hydrogen-bond acceptors (Lipinski definition) is 8. The summed E-state index contributed by atoms with van der Waals surface area (Å²) in [5, 5.41) is 7.48. The van der Waals surface area contributed by atoms with E-state index in [1.165, 1.54) is 4.90 Å². The van der Waals surface area contributed by atoms with Crippen LogP contribution in [-0.2, 0) is 33.4 Å². The van der Waals surface area contributed by atoms with Crippen LogP contribution in [0, 0.1) is 5.92 Å².